The fourth-order valence-corrected chi connectivity index (χ4v) is 2.76. The molecule has 0 bridgehead atoms. The molecule has 0 fully saturated rings. The summed E-state index contributed by atoms with van der Waals surface area (Å²) in [6.07, 6.45) is 0. The van der Waals surface area contributed by atoms with E-state index in [2.05, 4.69) is 0 Å². The first-order valence-electron chi connectivity index (χ1n) is 4.39. The monoisotopic (exact) mass is 338 g/mol. The van der Waals surface area contributed by atoms with Gasteiger partial charge < -0.3 is 0 Å². The molecule has 0 aliphatic rings. The van der Waals surface area contributed by atoms with Crippen LogP contribution in [0.5, 0.6) is 5.75 Å². The number of benzene rings is 1. The van der Waals surface area contributed by atoms with E-state index >= 15 is 0 Å². The zero-order valence-electron chi connectivity index (χ0n) is 8.81. The molecule has 1 rings (SSSR count). The van der Waals surface area contributed by atoms with Gasteiger partial charge in [-0.3, -0.25) is 0 Å². The maximum atomic E-state index is 10.8. The summed E-state index contributed by atoms with van der Waals surface area (Å²) in [5.41, 5.74) is 0. The van der Waals surface area contributed by atoms with Crippen molar-refractivity contribution in [1.29, 1.82) is 0 Å². The molecular weight excluding hydrogens is 327 g/mol. The van der Waals surface area contributed by atoms with Gasteiger partial charge in [0.25, 0.3) is 0 Å². The van der Waals surface area contributed by atoms with E-state index in [1.54, 1.807) is 24.3 Å². The Morgan fingerprint density at radius 1 is 1.00 bits per heavy atom. The van der Waals surface area contributed by atoms with Crippen molar-refractivity contribution in [3.05, 3.63) is 30.3 Å². The van der Waals surface area contributed by atoms with Crippen LogP contribution >= 0.6 is 21.1 Å². The van der Waals surface area contributed by atoms with E-state index in [0.29, 0.717) is 5.75 Å². The van der Waals surface area contributed by atoms with Crippen molar-refractivity contribution in [2.24, 2.45) is 0 Å². The topological polar surface area (TPSA) is 61.8 Å². The summed E-state index contributed by atoms with van der Waals surface area (Å²) in [5.74, 6) is -0.542. The molecule has 0 aliphatic heterocycles. The number of hydrogen-bond donors (Lipinski definition) is 0. The van der Waals surface area contributed by atoms with Crippen molar-refractivity contribution in [2.75, 3.05) is 0 Å². The van der Waals surface area contributed by atoms with Crippen molar-refractivity contribution >= 4 is 33.0 Å². The van der Waals surface area contributed by atoms with Gasteiger partial charge in [-0.05, 0) is 0 Å². The Morgan fingerprint density at radius 3 is 1.94 bits per heavy atom. The minimum atomic E-state index is -2.96. The molecule has 0 radical (unpaired) electrons. The van der Waals surface area contributed by atoms with Crippen LogP contribution in [0.1, 0.15) is 13.8 Å². The van der Waals surface area contributed by atoms with Crippen molar-refractivity contribution in [3.63, 3.8) is 0 Å². The number of rotatable bonds is 4. The van der Waals surface area contributed by atoms with Gasteiger partial charge in [-0.25, -0.2) is 0 Å². The van der Waals surface area contributed by atoms with Crippen LogP contribution in [0.3, 0.4) is 0 Å². The average Bonchev–Trinajstić information content (AvgIpc) is 2.16. The van der Waals surface area contributed by atoms with Gasteiger partial charge >= 0.3 is 102 Å². The molecule has 0 heterocycles. The molecule has 16 heavy (non-hydrogen) atoms. The van der Waals surface area contributed by atoms with Gasteiger partial charge in [0.05, 0.1) is 0 Å². The number of carbonyl (C=O) groups is 2. The molecule has 0 saturated carbocycles. The summed E-state index contributed by atoms with van der Waals surface area (Å²) in [7, 11) is 0. The summed E-state index contributed by atoms with van der Waals surface area (Å²) in [4.78, 5) is 21.5. The molecular formula is C10H11IO5. The van der Waals surface area contributed by atoms with E-state index in [4.69, 9.17) is 9.20 Å². The van der Waals surface area contributed by atoms with Gasteiger partial charge in [0.15, 0.2) is 0 Å². The van der Waals surface area contributed by atoms with E-state index in [1.807, 2.05) is 6.07 Å². The molecule has 88 valence electrons. The molecule has 6 heteroatoms. The van der Waals surface area contributed by atoms with Gasteiger partial charge in [0, 0.05) is 0 Å². The Morgan fingerprint density at radius 2 is 1.50 bits per heavy atom. The van der Waals surface area contributed by atoms with Crippen LogP contribution in [-0.2, 0) is 15.7 Å². The van der Waals surface area contributed by atoms with E-state index in [0.717, 1.165) is 0 Å². The van der Waals surface area contributed by atoms with E-state index < -0.39 is 33.0 Å². The summed E-state index contributed by atoms with van der Waals surface area (Å²) < 4.78 is 14.9. The van der Waals surface area contributed by atoms with Crippen molar-refractivity contribution in [3.8, 4) is 5.75 Å². The molecule has 1 aromatic carbocycles. The number of hydrogen-bond acceptors (Lipinski definition) is 5. The van der Waals surface area contributed by atoms with Crippen molar-refractivity contribution in [1.82, 2.24) is 0 Å². The molecule has 0 unspecified atom stereocenters. The molecule has 0 saturated heterocycles. The fourth-order valence-electron chi connectivity index (χ4n) is 0.769. The number of halogens is 1. The predicted molar refractivity (Wildman–Crippen MR) is 64.6 cm³/mol. The SMILES string of the molecule is CC(=O)OI(OC(C)=O)Oc1ccccc1. The molecule has 0 spiro atoms. The first-order valence-corrected chi connectivity index (χ1v) is 7.04. The molecule has 0 atom stereocenters. The van der Waals surface area contributed by atoms with Crippen LogP contribution in [0.15, 0.2) is 30.3 Å². The first kappa shape index (κ1) is 12.8. The number of carbonyl (C=O) groups excluding carboxylic acids is 2. The molecule has 0 N–H and O–H groups in total. The van der Waals surface area contributed by atoms with E-state index in [1.165, 1.54) is 13.8 Å². The van der Waals surface area contributed by atoms with Gasteiger partial charge in [-0.1, -0.05) is 0 Å². The summed E-state index contributed by atoms with van der Waals surface area (Å²) >= 11 is -2.96. The third-order valence-electron chi connectivity index (χ3n) is 1.24. The number of para-hydroxylation sites is 1. The first-order chi connectivity index (χ1) is 7.58. The second kappa shape index (κ2) is 6.31. The molecule has 0 aliphatic carbocycles. The van der Waals surface area contributed by atoms with Gasteiger partial charge in [0.2, 0.25) is 0 Å². The fraction of sp³-hybridized carbons (Fsp3) is 0.200. The van der Waals surface area contributed by atoms with E-state index in [-0.39, 0.29) is 0 Å². The second-order valence-electron chi connectivity index (χ2n) is 2.72. The summed E-state index contributed by atoms with van der Waals surface area (Å²) in [6, 6.07) is 8.74. The maximum absolute atomic E-state index is 10.8. The van der Waals surface area contributed by atoms with Gasteiger partial charge in [-0.2, -0.15) is 0 Å². The predicted octanol–water partition coefficient (Wildman–Crippen LogP) is 2.44. The normalized spacial score (nSPS) is 10.2. The third-order valence-corrected chi connectivity index (χ3v) is 4.07. The van der Waals surface area contributed by atoms with Crippen LogP contribution in [-0.4, -0.2) is 11.9 Å². The van der Waals surface area contributed by atoms with Gasteiger partial charge in [0.1, 0.15) is 0 Å². The van der Waals surface area contributed by atoms with Crippen LogP contribution < -0.4 is 3.07 Å². The molecule has 0 amide bonds. The quantitative estimate of drug-likeness (QED) is 0.789. The van der Waals surface area contributed by atoms with Crippen LogP contribution in [0.25, 0.3) is 0 Å². The Kier molecular flexibility index (Phi) is 5.03. The van der Waals surface area contributed by atoms with E-state index in [9.17, 15) is 9.59 Å². The zero-order chi connectivity index (χ0) is 12.0. The third kappa shape index (κ3) is 4.96. The van der Waals surface area contributed by atoms with Crippen LogP contribution in [0.2, 0.25) is 0 Å². The van der Waals surface area contributed by atoms with Crippen LogP contribution in [0, 0.1) is 0 Å². The molecule has 0 aromatic heterocycles. The zero-order valence-corrected chi connectivity index (χ0v) is 11.0. The van der Waals surface area contributed by atoms with Crippen molar-refractivity contribution < 1.29 is 18.8 Å². The van der Waals surface area contributed by atoms with Gasteiger partial charge in [-0.15, -0.1) is 0 Å². The van der Waals surface area contributed by atoms with Crippen LogP contribution in [0.4, 0.5) is 0 Å². The Labute approximate surface area is 102 Å². The minimum absolute atomic E-state index is 0.509. The standard InChI is InChI=1S/C10H11IO5/c1-8(12)14-11(15-9(2)13)16-10-6-4-3-5-7-10/h3-7H,1-2H3. The Hall–Kier alpha value is -1.31. The molecule has 1 aromatic rings. The van der Waals surface area contributed by atoms with Crippen molar-refractivity contribution in [2.45, 2.75) is 13.8 Å². The molecule has 5 nitrogen and oxygen atoms in total. The average molecular weight is 338 g/mol. The Balaban J connectivity index is 2.63. The summed E-state index contributed by atoms with van der Waals surface area (Å²) in [6.45, 7) is 2.48. The Bertz CT molecular complexity index is 349. The second-order valence-corrected chi connectivity index (χ2v) is 5.12. The summed E-state index contributed by atoms with van der Waals surface area (Å²) in [5, 5.41) is 0.